The van der Waals surface area contributed by atoms with Gasteiger partial charge >= 0.3 is 0 Å². The van der Waals surface area contributed by atoms with Crippen LogP contribution in [-0.2, 0) is 0 Å². The number of hydrogen-bond acceptors (Lipinski definition) is 3. The van der Waals surface area contributed by atoms with E-state index in [0.29, 0.717) is 6.04 Å². The van der Waals surface area contributed by atoms with E-state index < -0.39 is 0 Å². The highest BCUT2D eigenvalue weighted by Gasteiger charge is 2.16. The van der Waals surface area contributed by atoms with Crippen LogP contribution in [0.15, 0.2) is 0 Å². The number of nitrogens with one attached hydrogen (secondary N) is 1. The lowest BCUT2D eigenvalue weighted by Crippen LogP contribution is -2.51. The zero-order valence-corrected chi connectivity index (χ0v) is 8.08. The third-order valence-electron chi connectivity index (χ3n) is 2.39. The average molecular weight is 172 g/mol. The number of hydrogen-bond donors (Lipinski definition) is 2. The Balaban J connectivity index is 2.22. The van der Waals surface area contributed by atoms with Crippen molar-refractivity contribution in [2.24, 2.45) is 0 Å². The molecule has 1 unspecified atom stereocenters. The Hall–Kier alpha value is -0.120. The van der Waals surface area contributed by atoms with E-state index in [4.69, 9.17) is 0 Å². The van der Waals surface area contributed by atoms with Crippen molar-refractivity contribution in [1.29, 1.82) is 0 Å². The minimum absolute atomic E-state index is 0.143. The quantitative estimate of drug-likeness (QED) is 0.631. The second kappa shape index (κ2) is 4.80. The Kier molecular flexibility index (Phi) is 3.98. The molecule has 2 N–H and O–H groups in total. The fourth-order valence-electron chi connectivity index (χ4n) is 1.61. The van der Waals surface area contributed by atoms with Gasteiger partial charge in [0.05, 0.1) is 6.10 Å². The molecule has 1 heterocycles. The van der Waals surface area contributed by atoms with Crippen LogP contribution in [0.25, 0.3) is 0 Å². The number of rotatable bonds is 3. The van der Waals surface area contributed by atoms with Gasteiger partial charge in [0.25, 0.3) is 0 Å². The van der Waals surface area contributed by atoms with E-state index in [0.717, 1.165) is 32.6 Å². The molecular weight excluding hydrogens is 152 g/mol. The van der Waals surface area contributed by atoms with E-state index in [-0.39, 0.29) is 6.10 Å². The molecule has 1 saturated heterocycles. The van der Waals surface area contributed by atoms with Crippen LogP contribution in [0.1, 0.15) is 20.3 Å². The Morgan fingerprint density at radius 3 is 3.00 bits per heavy atom. The summed E-state index contributed by atoms with van der Waals surface area (Å²) >= 11 is 0. The van der Waals surface area contributed by atoms with Gasteiger partial charge in [-0.3, -0.25) is 4.90 Å². The van der Waals surface area contributed by atoms with Crippen LogP contribution in [0.2, 0.25) is 0 Å². The van der Waals surface area contributed by atoms with Gasteiger partial charge in [-0.1, -0.05) is 6.92 Å². The first-order valence-electron chi connectivity index (χ1n) is 4.86. The van der Waals surface area contributed by atoms with Gasteiger partial charge in [-0.15, -0.1) is 0 Å². The van der Waals surface area contributed by atoms with Crippen LogP contribution in [0.3, 0.4) is 0 Å². The first kappa shape index (κ1) is 9.96. The van der Waals surface area contributed by atoms with Gasteiger partial charge in [0.1, 0.15) is 0 Å². The number of β-amino-alcohol motifs (C(OH)–C–C–N with tert-alkyl or cyclic N) is 1. The van der Waals surface area contributed by atoms with Gasteiger partial charge in [-0.05, 0) is 13.3 Å². The highest BCUT2D eigenvalue weighted by atomic mass is 16.3. The van der Waals surface area contributed by atoms with E-state index in [9.17, 15) is 5.11 Å². The predicted octanol–water partition coefficient (Wildman–Crippen LogP) is 0.0510. The molecule has 12 heavy (non-hydrogen) atoms. The zero-order valence-electron chi connectivity index (χ0n) is 8.08. The molecule has 0 aliphatic carbocycles. The van der Waals surface area contributed by atoms with Gasteiger partial charge in [0.15, 0.2) is 0 Å². The van der Waals surface area contributed by atoms with Crippen molar-refractivity contribution in [2.45, 2.75) is 32.4 Å². The summed E-state index contributed by atoms with van der Waals surface area (Å²) in [5, 5.41) is 12.8. The summed E-state index contributed by atoms with van der Waals surface area (Å²) < 4.78 is 0. The monoisotopic (exact) mass is 172 g/mol. The lowest BCUT2D eigenvalue weighted by atomic mass is 10.2. The Morgan fingerprint density at radius 1 is 1.67 bits per heavy atom. The van der Waals surface area contributed by atoms with E-state index in [1.165, 1.54) is 0 Å². The molecule has 3 heteroatoms. The molecule has 0 spiro atoms. The first-order chi connectivity index (χ1) is 5.72. The Labute approximate surface area is 74.8 Å². The third-order valence-corrected chi connectivity index (χ3v) is 2.39. The topological polar surface area (TPSA) is 35.5 Å². The van der Waals surface area contributed by atoms with Crippen molar-refractivity contribution in [3.05, 3.63) is 0 Å². The van der Waals surface area contributed by atoms with Crippen LogP contribution in [-0.4, -0.2) is 48.3 Å². The molecule has 72 valence electrons. The van der Waals surface area contributed by atoms with Crippen molar-refractivity contribution in [3.63, 3.8) is 0 Å². The number of aliphatic hydroxyl groups is 1. The SMILES string of the molecule is CC[C@@H](O)CN1CCNC(C)C1. The summed E-state index contributed by atoms with van der Waals surface area (Å²) in [6.07, 6.45) is 0.716. The molecule has 0 amide bonds. The molecular formula is C9H20N2O. The van der Waals surface area contributed by atoms with Crippen molar-refractivity contribution in [3.8, 4) is 0 Å². The highest BCUT2D eigenvalue weighted by Crippen LogP contribution is 2.01. The molecule has 0 aromatic heterocycles. The van der Waals surface area contributed by atoms with Crippen molar-refractivity contribution in [2.75, 3.05) is 26.2 Å². The maximum absolute atomic E-state index is 9.43. The van der Waals surface area contributed by atoms with E-state index in [1.54, 1.807) is 0 Å². The van der Waals surface area contributed by atoms with E-state index >= 15 is 0 Å². The summed E-state index contributed by atoms with van der Waals surface area (Å²) in [4.78, 5) is 2.33. The lowest BCUT2D eigenvalue weighted by molar-refractivity contribution is 0.0935. The lowest BCUT2D eigenvalue weighted by Gasteiger charge is -2.32. The summed E-state index contributed by atoms with van der Waals surface area (Å²) in [7, 11) is 0. The van der Waals surface area contributed by atoms with Gasteiger partial charge in [-0.25, -0.2) is 0 Å². The number of aliphatic hydroxyl groups excluding tert-OH is 1. The second-order valence-corrected chi connectivity index (χ2v) is 3.68. The minimum atomic E-state index is -0.143. The maximum Gasteiger partial charge on any atom is 0.0664 e. The first-order valence-corrected chi connectivity index (χ1v) is 4.86. The standard InChI is InChI=1S/C9H20N2O/c1-3-9(12)7-11-5-4-10-8(2)6-11/h8-10,12H,3-7H2,1-2H3/t8?,9-/m1/s1. The van der Waals surface area contributed by atoms with Crippen molar-refractivity contribution < 1.29 is 5.11 Å². The predicted molar refractivity (Wildman–Crippen MR) is 50.2 cm³/mol. The van der Waals surface area contributed by atoms with Crippen LogP contribution in [0.5, 0.6) is 0 Å². The molecule has 0 saturated carbocycles. The molecule has 0 aromatic carbocycles. The molecule has 1 aliphatic rings. The Bertz CT molecular complexity index is 130. The normalized spacial score (nSPS) is 28.8. The van der Waals surface area contributed by atoms with Gasteiger partial charge in [0, 0.05) is 32.2 Å². The molecule has 0 bridgehead atoms. The summed E-state index contributed by atoms with van der Waals surface area (Å²) in [6, 6.07) is 0.572. The van der Waals surface area contributed by atoms with Crippen LogP contribution in [0, 0.1) is 0 Å². The Morgan fingerprint density at radius 2 is 2.42 bits per heavy atom. The molecule has 2 atom stereocenters. The fourth-order valence-corrected chi connectivity index (χ4v) is 1.61. The number of nitrogens with zero attached hydrogens (tertiary/aromatic N) is 1. The van der Waals surface area contributed by atoms with Crippen LogP contribution in [0.4, 0.5) is 0 Å². The van der Waals surface area contributed by atoms with Gasteiger partial charge in [-0.2, -0.15) is 0 Å². The zero-order chi connectivity index (χ0) is 8.97. The second-order valence-electron chi connectivity index (χ2n) is 3.68. The maximum atomic E-state index is 9.43. The fraction of sp³-hybridized carbons (Fsp3) is 1.00. The van der Waals surface area contributed by atoms with Crippen molar-refractivity contribution in [1.82, 2.24) is 10.2 Å². The van der Waals surface area contributed by atoms with Crippen molar-refractivity contribution >= 4 is 0 Å². The molecule has 0 aromatic rings. The van der Waals surface area contributed by atoms with E-state index in [1.807, 2.05) is 6.92 Å². The van der Waals surface area contributed by atoms with Crippen LogP contribution < -0.4 is 5.32 Å². The molecule has 1 rings (SSSR count). The highest BCUT2D eigenvalue weighted by molar-refractivity contribution is 4.76. The summed E-state index contributed by atoms with van der Waals surface area (Å²) in [6.45, 7) is 8.24. The van der Waals surface area contributed by atoms with E-state index in [2.05, 4.69) is 17.1 Å². The molecule has 0 radical (unpaired) electrons. The van der Waals surface area contributed by atoms with Gasteiger partial charge in [0.2, 0.25) is 0 Å². The molecule has 1 fully saturated rings. The molecule has 1 aliphatic heterocycles. The number of piperazine rings is 1. The average Bonchev–Trinajstić information content (AvgIpc) is 2.04. The largest absolute Gasteiger partial charge is 0.392 e. The minimum Gasteiger partial charge on any atom is -0.392 e. The summed E-state index contributed by atoms with van der Waals surface area (Å²) in [5.41, 5.74) is 0. The summed E-state index contributed by atoms with van der Waals surface area (Å²) in [5.74, 6) is 0. The van der Waals surface area contributed by atoms with Crippen LogP contribution >= 0.6 is 0 Å². The molecule has 3 nitrogen and oxygen atoms in total. The smallest absolute Gasteiger partial charge is 0.0664 e. The third kappa shape index (κ3) is 3.09. The van der Waals surface area contributed by atoms with Gasteiger partial charge < -0.3 is 10.4 Å².